The second-order valence-corrected chi connectivity index (χ2v) is 31.8. The van der Waals surface area contributed by atoms with Gasteiger partial charge in [0.25, 0.3) is 11.7 Å². The average molecular weight is 1500 g/mol. The average Bonchev–Trinajstić information content (AvgIpc) is 0.772. The predicted molar refractivity (Wildman–Crippen MR) is 397 cm³/mol. The number of cyclic esters (lactones) is 1. The maximum absolute atomic E-state index is 14.8. The highest BCUT2D eigenvalue weighted by Crippen LogP contribution is 2.38. The number of nitrogens with two attached hydrogens (primary N) is 2. The van der Waals surface area contributed by atoms with Crippen molar-refractivity contribution in [1.82, 2.24) is 15.5 Å². The van der Waals surface area contributed by atoms with Crippen LogP contribution in [0.3, 0.4) is 0 Å². The quantitative estimate of drug-likeness (QED) is 0.00779. The van der Waals surface area contributed by atoms with Crippen molar-refractivity contribution in [3.05, 3.63) is 47.6 Å². The molecule has 2 saturated heterocycles. The zero-order valence-corrected chi connectivity index (χ0v) is 65.4. The number of aliphatic hydroxyl groups excluding tert-OH is 1. The van der Waals surface area contributed by atoms with Gasteiger partial charge in [-0.05, 0) is 140 Å². The molecule has 1 aliphatic carbocycles. The molecule has 28 heteroatoms. The molecule has 26 nitrogen and oxygen atoms in total. The number of Topliss-reactive ketones (excluding diaryl/α,β-unsaturated/α-hetero) is 6. The molecule has 0 spiro atoms. The van der Waals surface area contributed by atoms with E-state index in [1.807, 2.05) is 51.2 Å². The highest BCUT2D eigenvalue weighted by molar-refractivity contribution is 8.76. The molecule has 2 bridgehead atoms. The zero-order valence-electron chi connectivity index (χ0n) is 63.7. The number of guanidine groups is 1. The number of hydrogen-bond acceptors (Lipinski definition) is 23. The van der Waals surface area contributed by atoms with Gasteiger partial charge in [0.1, 0.15) is 30.3 Å². The van der Waals surface area contributed by atoms with Gasteiger partial charge in [0.2, 0.25) is 17.6 Å². The van der Waals surface area contributed by atoms with Crippen molar-refractivity contribution in [1.29, 1.82) is 0 Å². The van der Waals surface area contributed by atoms with Crippen LogP contribution in [-0.4, -0.2) is 205 Å². The summed E-state index contributed by atoms with van der Waals surface area (Å²) in [5.41, 5.74) is 12.0. The van der Waals surface area contributed by atoms with Crippen LogP contribution in [0.4, 0.5) is 4.79 Å². The van der Waals surface area contributed by atoms with Crippen LogP contribution in [-0.2, 0) is 81.1 Å². The van der Waals surface area contributed by atoms with E-state index in [0.29, 0.717) is 87.7 Å². The van der Waals surface area contributed by atoms with Gasteiger partial charge in [-0.2, -0.15) is 0 Å². The Kier molecular flexibility index (Phi) is 39.5. The first-order chi connectivity index (χ1) is 49.1. The third-order valence-corrected chi connectivity index (χ3v) is 22.7. The number of piperidine rings is 1. The number of hydrogen-bond donors (Lipinski definition) is 6. The minimum Gasteiger partial charge on any atom is -0.460 e. The first-order valence-electron chi connectivity index (χ1n) is 36.9. The molecule has 3 heterocycles. The first kappa shape index (κ1) is 90.3. The number of aliphatic hydroxyl groups is 2. The number of nitrogens with one attached hydrogen (secondary N) is 2. The van der Waals surface area contributed by atoms with Crippen LogP contribution in [0.2, 0.25) is 0 Å². The molecule has 0 aromatic rings. The Balaban J connectivity index is 1.51. The molecule has 3 fully saturated rings. The van der Waals surface area contributed by atoms with Gasteiger partial charge >= 0.3 is 12.1 Å². The SMILES string of the molecule is CO[C@H]1C[C@@H]2CC[C@@H](C)[C@@](O)(O2)C(=O)C(=O)N2CCCC[C@H]2C(=O)O[C@H]([C@H](C)C[C@@H]2CC[C@@H](O)[C@H](OC)C2)CC(=O)[C@H](C)/C=C(\C)[C@@H](OC(=O)OCCSSCCCC(=O)C(C)NC(=O)C(C)CC(=O)C(CCCN=C(N)N)NC(=O)C(C)CC(C)=O)[C@@H](OC)C(=O)[C@H](C)C[C@H](C)/C=C/C=C/C=C/1C. The molecule has 4 rings (SSSR count). The summed E-state index contributed by atoms with van der Waals surface area (Å²) in [6, 6.07) is -3.04. The van der Waals surface area contributed by atoms with E-state index in [1.54, 1.807) is 61.7 Å². The van der Waals surface area contributed by atoms with Gasteiger partial charge in [0.05, 0.1) is 36.5 Å². The second-order valence-electron chi connectivity index (χ2n) is 29.1. The number of ether oxygens (including phenoxy) is 7. The molecular weight excluding hydrogens is 1380 g/mol. The normalized spacial score (nSPS) is 30.6. The maximum Gasteiger partial charge on any atom is 0.509 e. The number of esters is 1. The van der Waals surface area contributed by atoms with Crippen LogP contribution in [0.25, 0.3) is 0 Å². The van der Waals surface area contributed by atoms with Gasteiger partial charge < -0.3 is 75.2 Å². The molecule has 0 aromatic carbocycles. The Morgan fingerprint density at radius 3 is 2.15 bits per heavy atom. The number of carbonyl (C=O) groups excluding carboxylic acids is 11. The lowest BCUT2D eigenvalue weighted by Gasteiger charge is -2.42. The van der Waals surface area contributed by atoms with E-state index in [2.05, 4.69) is 15.6 Å². The van der Waals surface area contributed by atoms with E-state index < -0.39 is 144 Å². The number of fused-ring (bicyclic) bond motifs is 3. The molecule has 104 heavy (non-hydrogen) atoms. The summed E-state index contributed by atoms with van der Waals surface area (Å²) in [6.45, 7) is 18.6. The zero-order chi connectivity index (χ0) is 77.5. The van der Waals surface area contributed by atoms with Crippen LogP contribution in [0.5, 0.6) is 0 Å². The van der Waals surface area contributed by atoms with Gasteiger partial charge in [-0.25, -0.2) is 9.59 Å². The van der Waals surface area contributed by atoms with Gasteiger partial charge in [-0.1, -0.05) is 107 Å². The first-order valence-corrected chi connectivity index (χ1v) is 39.4. The van der Waals surface area contributed by atoms with Gasteiger partial charge in [0.15, 0.2) is 35.5 Å². The van der Waals surface area contributed by atoms with E-state index in [0.717, 1.165) is 10.5 Å². The van der Waals surface area contributed by atoms with Crippen LogP contribution in [0.1, 0.15) is 192 Å². The molecule has 3 aliphatic heterocycles. The highest BCUT2D eigenvalue weighted by Gasteiger charge is 2.53. The minimum atomic E-state index is -2.50. The lowest BCUT2D eigenvalue weighted by atomic mass is 9.78. The largest absolute Gasteiger partial charge is 0.509 e. The number of ketones is 6. The number of aliphatic imine (C=N–C) groups is 1. The molecule has 3 amide bonds. The second kappa shape index (κ2) is 45.5. The third-order valence-electron chi connectivity index (χ3n) is 20.3. The van der Waals surface area contributed by atoms with Crippen molar-refractivity contribution in [3.63, 3.8) is 0 Å². The van der Waals surface area contributed by atoms with Crippen molar-refractivity contribution < 1.29 is 96.1 Å². The number of allylic oxidation sites excluding steroid dienone is 6. The predicted octanol–water partition coefficient (Wildman–Crippen LogP) is 8.33. The molecule has 0 radical (unpaired) electrons. The molecular formula is C76H120N6O20S2. The summed E-state index contributed by atoms with van der Waals surface area (Å²) < 4.78 is 41.5. The van der Waals surface area contributed by atoms with Gasteiger partial charge in [-0.3, -0.25) is 43.3 Å². The van der Waals surface area contributed by atoms with Crippen molar-refractivity contribution in [2.45, 2.75) is 258 Å². The summed E-state index contributed by atoms with van der Waals surface area (Å²) in [5, 5.41) is 28.2. The van der Waals surface area contributed by atoms with E-state index >= 15 is 0 Å². The van der Waals surface area contributed by atoms with E-state index in [4.69, 9.17) is 44.6 Å². The van der Waals surface area contributed by atoms with Crippen molar-refractivity contribution >= 4 is 92.1 Å². The van der Waals surface area contributed by atoms with Crippen molar-refractivity contribution in [2.24, 2.45) is 63.8 Å². The summed E-state index contributed by atoms with van der Waals surface area (Å²) in [5.74, 6) is -11.8. The van der Waals surface area contributed by atoms with E-state index in [9.17, 15) is 63.0 Å². The molecule has 4 aliphatic rings. The van der Waals surface area contributed by atoms with E-state index in [1.165, 1.54) is 42.7 Å². The monoisotopic (exact) mass is 1500 g/mol. The highest BCUT2D eigenvalue weighted by atomic mass is 33.1. The Hall–Kier alpha value is -6.14. The number of methoxy groups -OCH3 is 3. The van der Waals surface area contributed by atoms with E-state index in [-0.39, 0.29) is 106 Å². The smallest absolute Gasteiger partial charge is 0.460 e. The number of amides is 3. The van der Waals surface area contributed by atoms with Crippen molar-refractivity contribution in [2.75, 3.05) is 52.5 Å². The maximum atomic E-state index is 14.8. The number of rotatable bonds is 29. The number of carbonyl (C=O) groups is 11. The van der Waals surface area contributed by atoms with Crippen LogP contribution in [0, 0.1) is 47.3 Å². The Morgan fingerprint density at radius 2 is 1.48 bits per heavy atom. The Bertz CT molecular complexity index is 3050. The molecule has 19 atom stereocenters. The Morgan fingerprint density at radius 1 is 0.788 bits per heavy atom. The van der Waals surface area contributed by atoms with Gasteiger partial charge in [-0.15, -0.1) is 0 Å². The third kappa shape index (κ3) is 29.2. The fourth-order valence-corrected chi connectivity index (χ4v) is 15.7. The molecule has 1 saturated carbocycles. The molecule has 8 N–H and O–H groups in total. The van der Waals surface area contributed by atoms with Crippen LogP contribution < -0.4 is 22.1 Å². The minimum absolute atomic E-state index is 0.00245. The summed E-state index contributed by atoms with van der Waals surface area (Å²) >= 11 is 0. The standard InChI is InChI=1S/C76H120N6O20S2/c1-44-22-16-15-17-23-45(2)63(96-12)42-56-29-27-52(9)76(95,102-56)69(89)72(92)82-32-19-18-25-58(82)73(93)100-64(47(4)39-55-28-30-60(85)65(41-55)97-13)43-61(86)46(3)37-49(6)67(68(98-14)66(88)48(5)36-44)101-75(94)99-33-35-104-103-34-21-26-59(84)54(11)80-70(90)51(8)40-62(87)57(24-20-31-79-74(77)78)81-71(91)50(7)38-53(10)83/h15-17,22-23,37,44,46-48,50-52,54-58,60,63-65,67-68,85,95H,18-21,24-36,38-43H2,1-14H3,(H,80,90)(H,81,91)(H4,77,78,79)/b17-15+,22-16+,45-23+,49-37+/t44-,46-,47-,48-,50?,51?,52-,54?,55+,56+,57?,58+,60-,63+,64+,65-,67-,68+,76-/m1/s1. The van der Waals surface area contributed by atoms with Crippen molar-refractivity contribution in [3.8, 4) is 0 Å². The molecule has 4 unspecified atom stereocenters. The summed E-state index contributed by atoms with van der Waals surface area (Å²) in [6.07, 6.45) is 9.21. The number of nitrogens with zero attached hydrogens (tertiary/aromatic N) is 2. The summed E-state index contributed by atoms with van der Waals surface area (Å²) in [4.78, 5) is 156. The molecule has 586 valence electrons. The Labute approximate surface area is 623 Å². The lowest BCUT2D eigenvalue weighted by molar-refractivity contribution is -0.265. The van der Waals surface area contributed by atoms with Gasteiger partial charge in [0, 0.05) is 108 Å². The fraction of sp³-hybridized carbons (Fsp3) is 0.737. The molecule has 0 aromatic heterocycles. The summed E-state index contributed by atoms with van der Waals surface area (Å²) in [7, 11) is 7.23. The fourth-order valence-electron chi connectivity index (χ4n) is 13.8. The van der Waals surface area contributed by atoms with Crippen LogP contribution in [0.15, 0.2) is 52.6 Å². The van der Waals surface area contributed by atoms with Crippen LogP contribution >= 0.6 is 21.6 Å². The topological polar surface area (TPSA) is 385 Å². The lowest BCUT2D eigenvalue weighted by Crippen LogP contribution is -2.61.